The Morgan fingerprint density at radius 1 is 1.28 bits per heavy atom. The summed E-state index contributed by atoms with van der Waals surface area (Å²) in [7, 11) is 0. The van der Waals surface area contributed by atoms with E-state index in [1.54, 1.807) is 30.0 Å². The van der Waals surface area contributed by atoms with E-state index in [2.05, 4.69) is 10.3 Å². The summed E-state index contributed by atoms with van der Waals surface area (Å²) in [6.45, 7) is -0.0499. The molecular weight excluding hydrogens is 340 g/mol. The van der Waals surface area contributed by atoms with E-state index < -0.39 is 5.97 Å². The number of oxazole rings is 1. The zero-order chi connectivity index (χ0) is 17.2. The van der Waals surface area contributed by atoms with Crippen molar-refractivity contribution in [2.45, 2.75) is 17.9 Å². The van der Waals surface area contributed by atoms with Crippen LogP contribution in [-0.2, 0) is 16.1 Å². The van der Waals surface area contributed by atoms with Crippen LogP contribution in [0.3, 0.4) is 0 Å². The smallest absolute Gasteiger partial charge is 0.338 e. The maximum absolute atomic E-state index is 12.3. The summed E-state index contributed by atoms with van der Waals surface area (Å²) in [5.74, 6) is 0.519. The summed E-state index contributed by atoms with van der Waals surface area (Å²) < 4.78 is 10.8. The van der Waals surface area contributed by atoms with Gasteiger partial charge in [-0.25, -0.2) is 9.78 Å². The zero-order valence-electron chi connectivity index (χ0n) is 13.2. The number of esters is 1. The summed E-state index contributed by atoms with van der Waals surface area (Å²) in [4.78, 5) is 29.1. The molecule has 1 aliphatic heterocycles. The molecule has 0 atom stereocenters. The van der Waals surface area contributed by atoms with Crippen molar-refractivity contribution < 1.29 is 18.7 Å². The van der Waals surface area contributed by atoms with Gasteiger partial charge in [0.15, 0.2) is 12.2 Å². The summed E-state index contributed by atoms with van der Waals surface area (Å²) in [5.41, 5.74) is 2.39. The molecule has 1 aromatic heterocycles. The number of carbonyl (C=O) groups is 2. The highest BCUT2D eigenvalue weighted by Gasteiger charge is 2.17. The summed E-state index contributed by atoms with van der Waals surface area (Å²) in [6, 6.07) is 12.5. The van der Waals surface area contributed by atoms with E-state index in [1.807, 2.05) is 24.3 Å². The molecule has 4 rings (SSSR count). The lowest BCUT2D eigenvalue weighted by Gasteiger charge is -2.08. The fourth-order valence-electron chi connectivity index (χ4n) is 2.54. The summed E-state index contributed by atoms with van der Waals surface area (Å²) >= 11 is 1.59. The molecule has 0 saturated carbocycles. The molecule has 0 aliphatic carbocycles. The SMILES string of the molecule is O=C1CCSc2ccc(C(=O)OCc3nc4ccccc4o3)cc2N1. The van der Waals surface area contributed by atoms with Gasteiger partial charge in [-0.05, 0) is 30.3 Å². The quantitative estimate of drug-likeness (QED) is 0.724. The van der Waals surface area contributed by atoms with Crippen molar-refractivity contribution in [2.75, 3.05) is 11.1 Å². The highest BCUT2D eigenvalue weighted by molar-refractivity contribution is 7.99. The molecule has 1 N–H and O–H groups in total. The molecule has 0 bridgehead atoms. The van der Waals surface area contributed by atoms with Gasteiger partial charge in [-0.1, -0.05) is 12.1 Å². The molecule has 0 unspecified atom stereocenters. The number of thioether (sulfide) groups is 1. The Morgan fingerprint density at radius 3 is 3.04 bits per heavy atom. The molecule has 0 radical (unpaired) electrons. The van der Waals surface area contributed by atoms with Gasteiger partial charge in [-0.2, -0.15) is 0 Å². The van der Waals surface area contributed by atoms with E-state index in [0.717, 1.165) is 16.2 Å². The lowest BCUT2D eigenvalue weighted by atomic mass is 10.2. The maximum Gasteiger partial charge on any atom is 0.338 e. The monoisotopic (exact) mass is 354 g/mol. The molecular formula is C18H14N2O4S. The van der Waals surface area contributed by atoms with Gasteiger partial charge in [0.1, 0.15) is 5.52 Å². The van der Waals surface area contributed by atoms with Crippen LogP contribution in [-0.4, -0.2) is 22.6 Å². The molecule has 2 heterocycles. The second-order valence-corrected chi connectivity index (χ2v) is 6.65. The van der Waals surface area contributed by atoms with E-state index in [4.69, 9.17) is 9.15 Å². The first-order chi connectivity index (χ1) is 12.2. The van der Waals surface area contributed by atoms with Crippen molar-refractivity contribution >= 4 is 40.4 Å². The van der Waals surface area contributed by atoms with Gasteiger partial charge in [0.2, 0.25) is 11.8 Å². The van der Waals surface area contributed by atoms with Crippen LogP contribution in [0.1, 0.15) is 22.7 Å². The van der Waals surface area contributed by atoms with Crippen LogP contribution in [0.2, 0.25) is 0 Å². The third-order valence-electron chi connectivity index (χ3n) is 3.74. The largest absolute Gasteiger partial charge is 0.452 e. The molecule has 2 aromatic carbocycles. The fourth-order valence-corrected chi connectivity index (χ4v) is 3.48. The van der Waals surface area contributed by atoms with Crippen LogP contribution in [0.15, 0.2) is 51.8 Å². The fraction of sp³-hybridized carbons (Fsp3) is 0.167. The van der Waals surface area contributed by atoms with Gasteiger partial charge in [0, 0.05) is 17.1 Å². The minimum Gasteiger partial charge on any atom is -0.452 e. The number of anilines is 1. The lowest BCUT2D eigenvalue weighted by Crippen LogP contribution is -2.11. The maximum atomic E-state index is 12.3. The van der Waals surface area contributed by atoms with E-state index >= 15 is 0 Å². The Hall–Kier alpha value is -2.80. The van der Waals surface area contributed by atoms with Crippen molar-refractivity contribution in [1.82, 2.24) is 4.98 Å². The number of hydrogen-bond donors (Lipinski definition) is 1. The highest BCUT2D eigenvalue weighted by atomic mass is 32.2. The molecule has 1 aliphatic rings. The van der Waals surface area contributed by atoms with Crippen LogP contribution < -0.4 is 5.32 Å². The molecule has 6 nitrogen and oxygen atoms in total. The van der Waals surface area contributed by atoms with Gasteiger partial charge in [-0.15, -0.1) is 11.8 Å². The number of nitrogens with one attached hydrogen (secondary N) is 1. The Balaban J connectivity index is 1.48. The second kappa shape index (κ2) is 6.60. The van der Waals surface area contributed by atoms with E-state index in [-0.39, 0.29) is 12.5 Å². The molecule has 1 amide bonds. The number of ether oxygens (including phenoxy) is 1. The number of rotatable bonds is 3. The predicted molar refractivity (Wildman–Crippen MR) is 93.5 cm³/mol. The van der Waals surface area contributed by atoms with Crippen LogP contribution in [0.25, 0.3) is 11.1 Å². The molecule has 25 heavy (non-hydrogen) atoms. The Bertz CT molecular complexity index is 934. The first-order valence-corrected chi connectivity index (χ1v) is 8.76. The van der Waals surface area contributed by atoms with Crippen LogP contribution in [0.4, 0.5) is 5.69 Å². The first kappa shape index (κ1) is 15.7. The minimum absolute atomic E-state index is 0.0499. The number of benzene rings is 2. The van der Waals surface area contributed by atoms with Gasteiger partial charge in [0.05, 0.1) is 11.3 Å². The van der Waals surface area contributed by atoms with E-state index in [0.29, 0.717) is 29.1 Å². The molecule has 126 valence electrons. The molecule has 0 spiro atoms. The number of fused-ring (bicyclic) bond motifs is 2. The average molecular weight is 354 g/mol. The normalized spacial score (nSPS) is 13.8. The van der Waals surface area contributed by atoms with Gasteiger partial charge < -0.3 is 14.5 Å². The summed E-state index contributed by atoms with van der Waals surface area (Å²) in [6.07, 6.45) is 0.455. The molecule has 7 heteroatoms. The number of amides is 1. The minimum atomic E-state index is -0.492. The Labute approximate surface area is 147 Å². The van der Waals surface area contributed by atoms with Crippen LogP contribution in [0.5, 0.6) is 0 Å². The molecule has 3 aromatic rings. The number of carbonyl (C=O) groups excluding carboxylic acids is 2. The van der Waals surface area contributed by atoms with Crippen molar-refractivity contribution in [3.63, 3.8) is 0 Å². The Kier molecular flexibility index (Phi) is 4.15. The standard InChI is InChI=1S/C18H14N2O4S/c21-16-7-8-25-15-6-5-11(9-13(15)19-16)18(22)23-10-17-20-12-3-1-2-4-14(12)24-17/h1-6,9H,7-8,10H2,(H,19,21). The van der Waals surface area contributed by atoms with Gasteiger partial charge >= 0.3 is 5.97 Å². The number of aromatic nitrogens is 1. The third kappa shape index (κ3) is 3.36. The molecule has 0 fully saturated rings. The first-order valence-electron chi connectivity index (χ1n) is 7.77. The van der Waals surface area contributed by atoms with E-state index in [1.165, 1.54) is 0 Å². The topological polar surface area (TPSA) is 81.4 Å². The van der Waals surface area contributed by atoms with Crippen molar-refractivity contribution in [1.29, 1.82) is 0 Å². The number of nitrogens with zero attached hydrogens (tertiary/aromatic N) is 1. The number of para-hydroxylation sites is 2. The van der Waals surface area contributed by atoms with E-state index in [9.17, 15) is 9.59 Å². The lowest BCUT2D eigenvalue weighted by molar-refractivity contribution is -0.115. The van der Waals surface area contributed by atoms with Crippen LogP contribution >= 0.6 is 11.8 Å². The van der Waals surface area contributed by atoms with Gasteiger partial charge in [0.25, 0.3) is 0 Å². The van der Waals surface area contributed by atoms with Gasteiger partial charge in [-0.3, -0.25) is 4.79 Å². The van der Waals surface area contributed by atoms with Crippen molar-refractivity contribution in [2.24, 2.45) is 0 Å². The average Bonchev–Trinajstić information content (AvgIpc) is 2.94. The van der Waals surface area contributed by atoms with Crippen molar-refractivity contribution in [3.05, 3.63) is 53.9 Å². The zero-order valence-corrected chi connectivity index (χ0v) is 14.0. The predicted octanol–water partition coefficient (Wildman–Crippen LogP) is 3.62. The molecule has 0 saturated heterocycles. The summed E-state index contributed by atoms with van der Waals surface area (Å²) in [5, 5.41) is 2.81. The van der Waals surface area contributed by atoms with Crippen LogP contribution in [0, 0.1) is 0 Å². The second-order valence-electron chi connectivity index (χ2n) is 5.51. The van der Waals surface area contributed by atoms with Crippen molar-refractivity contribution in [3.8, 4) is 0 Å². The Morgan fingerprint density at radius 2 is 2.16 bits per heavy atom. The highest BCUT2D eigenvalue weighted by Crippen LogP contribution is 2.31. The third-order valence-corrected chi connectivity index (χ3v) is 4.82. The number of hydrogen-bond acceptors (Lipinski definition) is 6.